The average Bonchev–Trinajstić information content (AvgIpc) is 3.58. The van der Waals surface area contributed by atoms with Gasteiger partial charge in [0.05, 0.1) is 6.10 Å². The van der Waals surface area contributed by atoms with E-state index < -0.39 is 17.4 Å². The van der Waals surface area contributed by atoms with Crippen LogP contribution in [0.2, 0.25) is 0 Å². The summed E-state index contributed by atoms with van der Waals surface area (Å²) in [5.41, 5.74) is 6.28. The van der Waals surface area contributed by atoms with E-state index in [-0.39, 0.29) is 17.0 Å². The fraction of sp³-hybridized carbons (Fsp3) is 0.522. The zero-order valence-electron chi connectivity index (χ0n) is 19.0. The van der Waals surface area contributed by atoms with E-state index in [1.165, 1.54) is 33.0 Å². The number of likely N-dealkylation sites (tertiary alicyclic amines) is 1. The van der Waals surface area contributed by atoms with E-state index in [0.29, 0.717) is 18.8 Å². The lowest BCUT2D eigenvalue weighted by Gasteiger charge is -2.16. The molecule has 3 aliphatic rings. The van der Waals surface area contributed by atoms with E-state index in [1.54, 1.807) is 19.1 Å². The zero-order valence-corrected chi connectivity index (χ0v) is 19.8. The Morgan fingerprint density at radius 2 is 1.85 bits per heavy atom. The number of amides is 3. The number of hydrogen-bond donors (Lipinski definition) is 2. The van der Waals surface area contributed by atoms with Crippen LogP contribution in [-0.2, 0) is 48.8 Å². The molecule has 1 fully saturated rings. The Labute approximate surface area is 196 Å². The molecule has 1 aromatic carbocycles. The molecule has 3 amide bonds. The summed E-state index contributed by atoms with van der Waals surface area (Å²) in [6, 6.07) is 3.26. The van der Waals surface area contributed by atoms with Gasteiger partial charge in [-0.2, -0.15) is 0 Å². The van der Waals surface area contributed by atoms with E-state index >= 15 is 0 Å². The summed E-state index contributed by atoms with van der Waals surface area (Å²) in [6.07, 6.45) is 6.98. The number of aromatic nitrogens is 2. The van der Waals surface area contributed by atoms with Crippen molar-refractivity contribution in [2.45, 2.75) is 56.1 Å². The third kappa shape index (κ3) is 4.22. The van der Waals surface area contributed by atoms with Crippen molar-refractivity contribution in [3.63, 3.8) is 0 Å². The molecule has 2 aromatic rings. The van der Waals surface area contributed by atoms with Crippen molar-refractivity contribution >= 4 is 29.0 Å². The van der Waals surface area contributed by atoms with Crippen LogP contribution in [0.5, 0.6) is 0 Å². The molecular formula is C23H29N5O4S. The second kappa shape index (κ2) is 9.00. The molecule has 2 aliphatic carbocycles. The van der Waals surface area contributed by atoms with Crippen molar-refractivity contribution in [1.82, 2.24) is 19.4 Å². The molecule has 33 heavy (non-hydrogen) atoms. The molecule has 10 heteroatoms. The van der Waals surface area contributed by atoms with Gasteiger partial charge in [-0.1, -0.05) is 6.07 Å². The normalized spacial score (nSPS) is 20.0. The third-order valence-electron chi connectivity index (χ3n) is 6.93. The Morgan fingerprint density at radius 1 is 1.15 bits per heavy atom. The molecule has 2 N–H and O–H groups in total. The molecule has 176 valence electrons. The highest BCUT2D eigenvalue weighted by atomic mass is 32.2. The predicted molar refractivity (Wildman–Crippen MR) is 124 cm³/mol. The van der Waals surface area contributed by atoms with Crippen LogP contribution in [0, 0.1) is 0 Å². The molecule has 2 atom stereocenters. The molecule has 9 nitrogen and oxygen atoms in total. The molecule has 0 spiro atoms. The summed E-state index contributed by atoms with van der Waals surface area (Å²) in [7, 11) is 3.27. The lowest BCUT2D eigenvalue weighted by molar-refractivity contribution is 0.0714. The Balaban J connectivity index is 1.28. The highest BCUT2D eigenvalue weighted by Crippen LogP contribution is 2.38. The zero-order chi connectivity index (χ0) is 23.1. The number of nitrogens with one attached hydrogen (secondary N) is 2. The number of fused-ring (bicyclic) bond motifs is 2. The second-order valence-corrected chi connectivity index (χ2v) is 10.1. The van der Waals surface area contributed by atoms with Crippen molar-refractivity contribution < 1.29 is 18.9 Å². The number of hydrogen-bond acceptors (Lipinski definition) is 5. The van der Waals surface area contributed by atoms with E-state index in [4.69, 9.17) is 4.74 Å². The minimum atomic E-state index is -1.89. The Hall–Kier alpha value is -2.56. The fourth-order valence-electron chi connectivity index (χ4n) is 5.24. The fourth-order valence-corrected chi connectivity index (χ4v) is 5.98. The van der Waals surface area contributed by atoms with Crippen molar-refractivity contribution in [2.75, 3.05) is 25.5 Å². The topological polar surface area (TPSA) is 112 Å². The highest BCUT2D eigenvalue weighted by Gasteiger charge is 2.31. The monoisotopic (exact) mass is 471 g/mol. The summed E-state index contributed by atoms with van der Waals surface area (Å²) in [5, 5.41) is 7.33. The molecule has 0 radical (unpaired) electrons. The molecular weight excluding hydrogens is 442 g/mol. The molecule has 2 heterocycles. The van der Waals surface area contributed by atoms with Gasteiger partial charge < -0.3 is 19.5 Å². The van der Waals surface area contributed by atoms with Crippen LogP contribution in [0.15, 0.2) is 17.2 Å². The van der Waals surface area contributed by atoms with Crippen molar-refractivity contribution in [3.05, 3.63) is 40.1 Å². The number of carbonyl (C=O) groups excluding carboxylic acids is 2. The summed E-state index contributed by atoms with van der Waals surface area (Å²) in [5.74, 6) is -0.187. The average molecular weight is 472 g/mol. The van der Waals surface area contributed by atoms with Crippen molar-refractivity contribution in [2.24, 2.45) is 7.05 Å². The van der Waals surface area contributed by atoms with Gasteiger partial charge in [-0.05, 0) is 67.2 Å². The molecule has 0 bridgehead atoms. The first kappa shape index (κ1) is 22.2. The third-order valence-corrected chi connectivity index (χ3v) is 7.88. The molecule has 1 aromatic heterocycles. The van der Waals surface area contributed by atoms with Gasteiger partial charge in [-0.15, -0.1) is 9.82 Å². The van der Waals surface area contributed by atoms with E-state index in [1.807, 2.05) is 0 Å². The second-order valence-electron chi connectivity index (χ2n) is 8.95. The van der Waals surface area contributed by atoms with Crippen LogP contribution in [0.1, 0.15) is 52.0 Å². The van der Waals surface area contributed by atoms with Crippen LogP contribution >= 0.6 is 0 Å². The van der Waals surface area contributed by atoms with Gasteiger partial charge in [-0.25, -0.2) is 4.79 Å². The van der Waals surface area contributed by atoms with Crippen LogP contribution in [0.3, 0.4) is 0 Å². The van der Waals surface area contributed by atoms with Crippen molar-refractivity contribution in [1.29, 1.82) is 0 Å². The maximum Gasteiger partial charge on any atom is 0.361 e. The Bertz CT molecular complexity index is 1070. The SMILES string of the molecule is COC1CCN(C(=O)c2cc([S+]([O-])NC(=O)Nc3c4c(cc5c3CCC5)CCC4)nn2C)C1. The highest BCUT2D eigenvalue weighted by molar-refractivity contribution is 7.90. The van der Waals surface area contributed by atoms with Gasteiger partial charge in [0.2, 0.25) is 0 Å². The lowest BCUT2D eigenvalue weighted by atomic mass is 9.99. The number of methoxy groups -OCH3 is 1. The quantitative estimate of drug-likeness (QED) is 0.649. The van der Waals surface area contributed by atoms with Crippen LogP contribution in [0.25, 0.3) is 0 Å². The molecule has 2 unspecified atom stereocenters. The van der Waals surface area contributed by atoms with Gasteiger partial charge in [0.15, 0.2) is 0 Å². The first-order chi connectivity index (χ1) is 15.9. The molecule has 1 saturated heterocycles. The van der Waals surface area contributed by atoms with Gasteiger partial charge >= 0.3 is 6.03 Å². The smallest absolute Gasteiger partial charge is 0.361 e. The van der Waals surface area contributed by atoms with Crippen LogP contribution < -0.4 is 10.0 Å². The molecule has 0 saturated carbocycles. The summed E-state index contributed by atoms with van der Waals surface area (Å²) in [6.45, 7) is 1.12. The number of aryl methyl sites for hydroxylation is 3. The predicted octanol–water partition coefficient (Wildman–Crippen LogP) is 2.10. The van der Waals surface area contributed by atoms with Gasteiger partial charge in [0, 0.05) is 39.0 Å². The summed E-state index contributed by atoms with van der Waals surface area (Å²) in [4.78, 5) is 27.3. The van der Waals surface area contributed by atoms with E-state index in [9.17, 15) is 14.1 Å². The maximum absolute atomic E-state index is 12.9. The lowest BCUT2D eigenvalue weighted by Crippen LogP contribution is -2.35. The number of ether oxygens (including phenoxy) is 1. The largest absolute Gasteiger partial charge is 0.586 e. The number of nitrogens with zero attached hydrogens (tertiary/aromatic N) is 3. The number of anilines is 1. The first-order valence-electron chi connectivity index (χ1n) is 11.5. The molecule has 5 rings (SSSR count). The van der Waals surface area contributed by atoms with Crippen LogP contribution in [-0.4, -0.2) is 57.5 Å². The minimum Gasteiger partial charge on any atom is -0.586 e. The Kier molecular flexibility index (Phi) is 6.07. The standard InChI is InChI=1S/C23H29N5O4S/c1-27-19(22(29)28-10-9-16(13-28)32-2)12-20(25-27)33(31)26-23(30)24-21-17-7-3-5-14(17)11-15-6-4-8-18(15)21/h11-12,16H,3-10,13H2,1-2H3,(H2,24,26,30). The molecule has 1 aliphatic heterocycles. The number of rotatable bonds is 5. The number of benzene rings is 1. The van der Waals surface area contributed by atoms with E-state index in [0.717, 1.165) is 50.6 Å². The van der Waals surface area contributed by atoms with E-state index in [2.05, 4.69) is 21.2 Å². The van der Waals surface area contributed by atoms with Gasteiger partial charge in [0.1, 0.15) is 17.1 Å². The van der Waals surface area contributed by atoms with Gasteiger partial charge in [-0.3, -0.25) is 9.48 Å². The van der Waals surface area contributed by atoms with Crippen LogP contribution in [0.4, 0.5) is 10.5 Å². The summed E-state index contributed by atoms with van der Waals surface area (Å²) < 4.78 is 22.1. The van der Waals surface area contributed by atoms with Crippen molar-refractivity contribution in [3.8, 4) is 0 Å². The number of carbonyl (C=O) groups is 2. The minimum absolute atomic E-state index is 0.0297. The Morgan fingerprint density at radius 3 is 2.48 bits per heavy atom. The maximum atomic E-state index is 12.9. The van der Waals surface area contributed by atoms with Gasteiger partial charge in [0.25, 0.3) is 10.9 Å². The number of urea groups is 1. The summed E-state index contributed by atoms with van der Waals surface area (Å²) >= 11 is -1.89. The first-order valence-corrected chi connectivity index (χ1v) is 12.6.